The average molecular weight is 479 g/mol. The number of benzene rings is 2. The van der Waals surface area contributed by atoms with Gasteiger partial charge in [0.25, 0.3) is 5.91 Å². The van der Waals surface area contributed by atoms with Gasteiger partial charge in [-0.3, -0.25) is 9.48 Å². The Bertz CT molecular complexity index is 1550. The summed E-state index contributed by atoms with van der Waals surface area (Å²) >= 11 is 0.963. The summed E-state index contributed by atoms with van der Waals surface area (Å²) < 4.78 is 32.4. The van der Waals surface area contributed by atoms with E-state index in [-0.39, 0.29) is 49.8 Å². The number of fused-ring (bicyclic) bond motifs is 2. The van der Waals surface area contributed by atoms with Crippen molar-refractivity contribution in [3.63, 3.8) is 0 Å². The molecule has 10 heteroatoms. The number of halogens is 2. The van der Waals surface area contributed by atoms with Crippen LogP contribution in [0, 0.1) is 23.0 Å². The van der Waals surface area contributed by atoms with Crippen LogP contribution in [0.3, 0.4) is 0 Å². The fourth-order valence-electron chi connectivity index (χ4n) is 5.25. The van der Waals surface area contributed by atoms with Crippen LogP contribution in [0.2, 0.25) is 0 Å². The molecule has 3 N–H and O–H groups in total. The maximum atomic E-state index is 15.8. The van der Waals surface area contributed by atoms with E-state index in [2.05, 4.69) is 10.4 Å². The largest absolute Gasteiger partial charge is 0.389 e. The van der Waals surface area contributed by atoms with Crippen molar-refractivity contribution in [2.75, 3.05) is 18.8 Å². The van der Waals surface area contributed by atoms with Crippen LogP contribution in [-0.4, -0.2) is 45.8 Å². The minimum atomic E-state index is -0.628. The second-order valence-corrected chi connectivity index (χ2v) is 9.92. The first-order valence-corrected chi connectivity index (χ1v) is 11.8. The minimum Gasteiger partial charge on any atom is -0.389 e. The number of rotatable bonds is 1. The number of aromatic nitrogens is 2. The number of nitrogens with two attached hydrogens (primary N) is 1. The molecule has 0 radical (unpaired) electrons. The van der Waals surface area contributed by atoms with Crippen LogP contribution in [0.25, 0.3) is 32.1 Å². The molecule has 0 spiro atoms. The molecular weight excluding hydrogens is 458 g/mol. The summed E-state index contributed by atoms with van der Waals surface area (Å²) in [5, 5.41) is 18.5. The SMILES string of the molecule is C[C@@H]1CN2C(=O)c3cc(F)c(-c4ccc(F)c5sc(N)c(C#N)c45)c4cnn(c34)CCC2CN1. The van der Waals surface area contributed by atoms with Crippen LogP contribution < -0.4 is 11.1 Å². The van der Waals surface area contributed by atoms with Crippen molar-refractivity contribution in [2.45, 2.75) is 32.0 Å². The number of amides is 1. The molecule has 2 aliphatic rings. The lowest BCUT2D eigenvalue weighted by molar-refractivity contribution is 0.0568. The molecule has 0 saturated carbocycles. The van der Waals surface area contributed by atoms with Crippen LogP contribution in [0.4, 0.5) is 13.8 Å². The zero-order valence-electron chi connectivity index (χ0n) is 18.2. The van der Waals surface area contributed by atoms with E-state index in [0.29, 0.717) is 36.1 Å². The smallest absolute Gasteiger partial charge is 0.256 e. The molecule has 34 heavy (non-hydrogen) atoms. The number of piperazine rings is 1. The van der Waals surface area contributed by atoms with Gasteiger partial charge in [0.15, 0.2) is 0 Å². The van der Waals surface area contributed by atoms with Crippen molar-refractivity contribution in [3.8, 4) is 17.2 Å². The van der Waals surface area contributed by atoms with E-state index in [1.54, 1.807) is 10.9 Å². The minimum absolute atomic E-state index is 0.00234. The van der Waals surface area contributed by atoms with Crippen LogP contribution in [-0.2, 0) is 6.54 Å². The molecule has 4 aromatic rings. The van der Waals surface area contributed by atoms with Crippen LogP contribution in [0.1, 0.15) is 29.3 Å². The first kappa shape index (κ1) is 21.0. The number of anilines is 1. The highest BCUT2D eigenvalue weighted by Gasteiger charge is 2.35. The number of nitrogens with zero attached hydrogens (tertiary/aromatic N) is 4. The zero-order valence-corrected chi connectivity index (χ0v) is 19.0. The maximum absolute atomic E-state index is 15.8. The van der Waals surface area contributed by atoms with Crippen molar-refractivity contribution >= 4 is 43.2 Å². The third kappa shape index (κ3) is 2.87. The van der Waals surface area contributed by atoms with E-state index in [1.807, 2.05) is 17.9 Å². The summed E-state index contributed by atoms with van der Waals surface area (Å²) in [7, 11) is 0. The lowest BCUT2D eigenvalue weighted by Gasteiger charge is -2.40. The average Bonchev–Trinajstić information content (AvgIpc) is 3.38. The van der Waals surface area contributed by atoms with E-state index in [1.165, 1.54) is 18.2 Å². The summed E-state index contributed by atoms with van der Waals surface area (Å²) in [4.78, 5) is 15.4. The van der Waals surface area contributed by atoms with Crippen molar-refractivity contribution < 1.29 is 13.6 Å². The molecule has 0 bridgehead atoms. The molecule has 1 saturated heterocycles. The van der Waals surface area contributed by atoms with Gasteiger partial charge >= 0.3 is 0 Å². The Morgan fingerprint density at radius 1 is 1.29 bits per heavy atom. The molecule has 2 atom stereocenters. The van der Waals surface area contributed by atoms with Crippen molar-refractivity contribution in [3.05, 3.63) is 47.2 Å². The number of nitrogens with one attached hydrogen (secondary N) is 1. The molecule has 1 unspecified atom stereocenters. The van der Waals surface area contributed by atoms with E-state index in [4.69, 9.17) is 5.73 Å². The van der Waals surface area contributed by atoms with Gasteiger partial charge in [-0.05, 0) is 31.0 Å². The predicted octanol–water partition coefficient (Wildman–Crippen LogP) is 3.86. The Balaban J connectivity index is 1.63. The predicted molar refractivity (Wildman–Crippen MR) is 127 cm³/mol. The zero-order chi connectivity index (χ0) is 23.7. The highest BCUT2D eigenvalue weighted by Crippen LogP contribution is 2.44. The van der Waals surface area contributed by atoms with Gasteiger partial charge in [-0.25, -0.2) is 8.78 Å². The Morgan fingerprint density at radius 2 is 2.12 bits per heavy atom. The summed E-state index contributed by atoms with van der Waals surface area (Å²) in [6.45, 7) is 3.81. The highest BCUT2D eigenvalue weighted by atomic mass is 32.1. The number of carbonyl (C=O) groups excluding carboxylic acids is 1. The van der Waals surface area contributed by atoms with Gasteiger partial charge in [-0.2, -0.15) is 10.4 Å². The number of carbonyl (C=O) groups is 1. The molecular formula is C24H20F2N6OS. The molecule has 1 amide bonds. The van der Waals surface area contributed by atoms with E-state index in [9.17, 15) is 14.4 Å². The Morgan fingerprint density at radius 3 is 2.91 bits per heavy atom. The number of hydrogen-bond acceptors (Lipinski definition) is 6. The van der Waals surface area contributed by atoms with E-state index < -0.39 is 11.6 Å². The van der Waals surface area contributed by atoms with Gasteiger partial charge in [0, 0.05) is 48.1 Å². The Hall–Kier alpha value is -3.55. The monoisotopic (exact) mass is 478 g/mol. The first-order valence-electron chi connectivity index (χ1n) is 11.0. The molecule has 2 aromatic carbocycles. The summed E-state index contributed by atoms with van der Waals surface area (Å²) in [5.74, 6) is -1.38. The van der Waals surface area contributed by atoms with Crippen molar-refractivity contribution in [1.82, 2.24) is 20.0 Å². The normalized spacial score (nSPS) is 20.3. The van der Waals surface area contributed by atoms with Gasteiger partial charge in [-0.15, -0.1) is 11.3 Å². The second-order valence-electron chi connectivity index (χ2n) is 8.87. The highest BCUT2D eigenvalue weighted by molar-refractivity contribution is 7.23. The third-order valence-electron chi connectivity index (χ3n) is 6.85. The molecule has 172 valence electrons. The topological polar surface area (TPSA) is 100.0 Å². The molecule has 2 aromatic heterocycles. The number of nitriles is 1. The second kappa shape index (κ2) is 7.48. The quantitative estimate of drug-likeness (QED) is 0.433. The Kier molecular flexibility index (Phi) is 4.62. The molecule has 0 aliphatic carbocycles. The maximum Gasteiger partial charge on any atom is 0.256 e. The van der Waals surface area contributed by atoms with Gasteiger partial charge in [-0.1, -0.05) is 6.07 Å². The van der Waals surface area contributed by atoms with Crippen LogP contribution in [0.15, 0.2) is 24.4 Å². The van der Waals surface area contributed by atoms with E-state index in [0.717, 1.165) is 17.8 Å². The summed E-state index contributed by atoms with van der Waals surface area (Å²) in [5.41, 5.74) is 7.45. The van der Waals surface area contributed by atoms with Gasteiger partial charge in [0.05, 0.1) is 27.5 Å². The number of thiophene rings is 1. The molecule has 6 rings (SSSR count). The fraction of sp³-hybridized carbons (Fsp3) is 0.292. The summed E-state index contributed by atoms with van der Waals surface area (Å²) in [6.07, 6.45) is 2.27. The first-order chi connectivity index (χ1) is 16.4. The van der Waals surface area contributed by atoms with Gasteiger partial charge in [0.1, 0.15) is 22.7 Å². The summed E-state index contributed by atoms with van der Waals surface area (Å²) in [6, 6.07) is 6.14. The number of aryl methyl sites for hydroxylation is 1. The lowest BCUT2D eigenvalue weighted by atomic mass is 9.93. The fourth-order valence-corrected chi connectivity index (χ4v) is 6.20. The Labute approximate surface area is 197 Å². The molecule has 2 aliphatic heterocycles. The van der Waals surface area contributed by atoms with Gasteiger partial charge < -0.3 is 16.0 Å². The molecule has 1 fully saturated rings. The molecule has 4 heterocycles. The van der Waals surface area contributed by atoms with Crippen LogP contribution in [0.5, 0.6) is 0 Å². The standard InChI is InChI=1S/C24H20F2N6OS/c1-11-10-31-12(8-29-11)4-5-32-21-14(24(31)33)6-18(26)19(16(21)9-30-32)13-2-3-17(25)22-20(13)15(7-27)23(28)34-22/h2-3,6,9,11-12,29H,4-5,8,10,28H2,1H3/t11-,12?/m1/s1. The third-order valence-corrected chi connectivity index (χ3v) is 7.88. The number of nitrogen functional groups attached to an aromatic ring is 1. The lowest BCUT2D eigenvalue weighted by Crippen LogP contribution is -2.58. The van der Waals surface area contributed by atoms with Crippen LogP contribution >= 0.6 is 11.3 Å². The molecule has 7 nitrogen and oxygen atoms in total. The van der Waals surface area contributed by atoms with Gasteiger partial charge in [0.2, 0.25) is 0 Å². The van der Waals surface area contributed by atoms with Crippen molar-refractivity contribution in [1.29, 1.82) is 5.26 Å². The van der Waals surface area contributed by atoms with E-state index >= 15 is 4.39 Å². The van der Waals surface area contributed by atoms with Crippen molar-refractivity contribution in [2.24, 2.45) is 0 Å². The number of hydrogen-bond donors (Lipinski definition) is 2.